The van der Waals surface area contributed by atoms with Crippen LogP contribution in [0.25, 0.3) is 0 Å². The highest BCUT2D eigenvalue weighted by molar-refractivity contribution is 4.92. The number of nitrogens with one attached hydrogen (secondary N) is 2. The highest BCUT2D eigenvalue weighted by atomic mass is 15.2. The summed E-state index contributed by atoms with van der Waals surface area (Å²) >= 11 is 0. The van der Waals surface area contributed by atoms with Gasteiger partial charge in [-0.1, -0.05) is 0 Å². The number of piperazine rings is 1. The number of hydrogen-bond acceptors (Lipinski definition) is 3. The van der Waals surface area contributed by atoms with Crippen molar-refractivity contribution in [1.82, 2.24) is 15.5 Å². The minimum absolute atomic E-state index is 0.738. The molecule has 17 heavy (non-hydrogen) atoms. The summed E-state index contributed by atoms with van der Waals surface area (Å²) in [4.78, 5) is 2.68. The molecule has 0 amide bonds. The van der Waals surface area contributed by atoms with Crippen molar-refractivity contribution in [2.75, 3.05) is 26.2 Å². The zero-order valence-corrected chi connectivity index (χ0v) is 11.1. The standard InChI is InChI=1S/C14H27N3/c1-11-10-15-5-7-17(11)6-4-12-8-13-2-3-14(9-12)16-13/h11-16H,2-10H2,1H3. The van der Waals surface area contributed by atoms with Crippen LogP contribution in [-0.4, -0.2) is 49.2 Å². The Kier molecular flexibility index (Phi) is 3.69. The van der Waals surface area contributed by atoms with Crippen molar-refractivity contribution in [1.29, 1.82) is 0 Å². The summed E-state index contributed by atoms with van der Waals surface area (Å²) in [6, 6.07) is 2.46. The lowest BCUT2D eigenvalue weighted by Gasteiger charge is -2.36. The van der Waals surface area contributed by atoms with Crippen LogP contribution in [0.5, 0.6) is 0 Å². The summed E-state index contributed by atoms with van der Waals surface area (Å²) in [5.41, 5.74) is 0. The molecule has 3 unspecified atom stereocenters. The number of fused-ring (bicyclic) bond motifs is 2. The van der Waals surface area contributed by atoms with Gasteiger partial charge in [-0.3, -0.25) is 4.90 Å². The molecule has 0 aromatic rings. The Morgan fingerprint density at radius 1 is 1.18 bits per heavy atom. The van der Waals surface area contributed by atoms with E-state index in [2.05, 4.69) is 22.5 Å². The molecule has 3 nitrogen and oxygen atoms in total. The average molecular weight is 237 g/mol. The maximum absolute atomic E-state index is 3.74. The van der Waals surface area contributed by atoms with E-state index in [1.165, 1.54) is 58.3 Å². The lowest BCUT2D eigenvalue weighted by atomic mass is 9.89. The molecular formula is C14H27N3. The molecule has 3 heterocycles. The molecule has 0 saturated carbocycles. The van der Waals surface area contributed by atoms with Crippen LogP contribution in [0.1, 0.15) is 39.0 Å². The Labute approximate surface area is 105 Å². The number of rotatable bonds is 3. The number of hydrogen-bond donors (Lipinski definition) is 2. The van der Waals surface area contributed by atoms with E-state index in [9.17, 15) is 0 Å². The van der Waals surface area contributed by atoms with Crippen LogP contribution in [0.4, 0.5) is 0 Å². The van der Waals surface area contributed by atoms with E-state index in [0.717, 1.165) is 24.0 Å². The van der Waals surface area contributed by atoms with Gasteiger partial charge >= 0.3 is 0 Å². The van der Waals surface area contributed by atoms with Crippen molar-refractivity contribution >= 4 is 0 Å². The lowest BCUT2D eigenvalue weighted by molar-refractivity contribution is 0.152. The van der Waals surface area contributed by atoms with Gasteiger partial charge in [0.15, 0.2) is 0 Å². The first-order valence-corrected chi connectivity index (χ1v) is 7.52. The van der Waals surface area contributed by atoms with Gasteiger partial charge in [-0.15, -0.1) is 0 Å². The third-order valence-electron chi connectivity index (χ3n) is 5.03. The lowest BCUT2D eigenvalue weighted by Crippen LogP contribution is -2.50. The average Bonchev–Trinajstić information content (AvgIpc) is 2.68. The van der Waals surface area contributed by atoms with E-state index >= 15 is 0 Å². The number of piperidine rings is 1. The summed E-state index contributed by atoms with van der Waals surface area (Å²) in [6.07, 6.45) is 7.18. The summed E-state index contributed by atoms with van der Waals surface area (Å²) in [5, 5.41) is 7.22. The Bertz CT molecular complexity index is 244. The van der Waals surface area contributed by atoms with E-state index in [1.807, 2.05) is 0 Å². The zero-order valence-electron chi connectivity index (χ0n) is 11.1. The summed E-state index contributed by atoms with van der Waals surface area (Å²) < 4.78 is 0. The van der Waals surface area contributed by atoms with Crippen molar-refractivity contribution in [3.63, 3.8) is 0 Å². The van der Waals surface area contributed by atoms with Gasteiger partial charge in [-0.2, -0.15) is 0 Å². The monoisotopic (exact) mass is 237 g/mol. The van der Waals surface area contributed by atoms with Crippen LogP contribution in [0.3, 0.4) is 0 Å². The van der Waals surface area contributed by atoms with E-state index in [4.69, 9.17) is 0 Å². The molecule has 3 fully saturated rings. The van der Waals surface area contributed by atoms with Crippen molar-refractivity contribution in [3.05, 3.63) is 0 Å². The second-order valence-corrected chi connectivity index (χ2v) is 6.35. The molecule has 0 radical (unpaired) electrons. The molecular weight excluding hydrogens is 210 g/mol. The molecule has 0 aliphatic carbocycles. The van der Waals surface area contributed by atoms with Crippen LogP contribution < -0.4 is 10.6 Å². The zero-order chi connectivity index (χ0) is 11.7. The number of nitrogens with zero attached hydrogens (tertiary/aromatic N) is 1. The minimum atomic E-state index is 0.738. The normalized spacial score (nSPS) is 42.9. The maximum atomic E-state index is 3.74. The van der Waals surface area contributed by atoms with Gasteiger partial charge in [0.25, 0.3) is 0 Å². The van der Waals surface area contributed by atoms with E-state index in [1.54, 1.807) is 0 Å². The van der Waals surface area contributed by atoms with Gasteiger partial charge in [0, 0.05) is 37.8 Å². The highest BCUT2D eigenvalue weighted by Crippen LogP contribution is 2.32. The van der Waals surface area contributed by atoms with Crippen LogP contribution in [0.2, 0.25) is 0 Å². The third-order valence-corrected chi connectivity index (χ3v) is 5.03. The maximum Gasteiger partial charge on any atom is 0.0192 e. The molecule has 3 rings (SSSR count). The molecule has 0 aromatic heterocycles. The van der Waals surface area contributed by atoms with E-state index < -0.39 is 0 Å². The SMILES string of the molecule is CC1CNCCN1CCC1CC2CCC(C1)N2. The van der Waals surface area contributed by atoms with Gasteiger partial charge in [-0.05, 0) is 51.5 Å². The van der Waals surface area contributed by atoms with Crippen LogP contribution in [0.15, 0.2) is 0 Å². The van der Waals surface area contributed by atoms with Crippen LogP contribution >= 0.6 is 0 Å². The molecule has 3 atom stereocenters. The predicted molar refractivity (Wildman–Crippen MR) is 71.2 cm³/mol. The van der Waals surface area contributed by atoms with Crippen molar-refractivity contribution < 1.29 is 0 Å². The summed E-state index contributed by atoms with van der Waals surface area (Å²) in [5.74, 6) is 0.996. The molecule has 3 aliphatic heterocycles. The molecule has 0 aromatic carbocycles. The van der Waals surface area contributed by atoms with Crippen LogP contribution in [-0.2, 0) is 0 Å². The largest absolute Gasteiger partial charge is 0.314 e. The van der Waals surface area contributed by atoms with Crippen molar-refractivity contribution in [2.24, 2.45) is 5.92 Å². The Balaban J connectivity index is 1.44. The molecule has 0 spiro atoms. The first kappa shape index (κ1) is 11.9. The fourth-order valence-electron chi connectivity index (χ4n) is 3.97. The Morgan fingerprint density at radius 2 is 1.94 bits per heavy atom. The van der Waals surface area contributed by atoms with Gasteiger partial charge in [-0.25, -0.2) is 0 Å². The second kappa shape index (κ2) is 5.25. The molecule has 3 heteroatoms. The summed E-state index contributed by atoms with van der Waals surface area (Å²) in [7, 11) is 0. The van der Waals surface area contributed by atoms with Crippen LogP contribution in [0, 0.1) is 5.92 Å². The molecule has 3 aliphatic rings. The topological polar surface area (TPSA) is 27.3 Å². The van der Waals surface area contributed by atoms with Gasteiger partial charge < -0.3 is 10.6 Å². The molecule has 98 valence electrons. The summed E-state index contributed by atoms with van der Waals surface area (Å²) in [6.45, 7) is 7.30. The first-order chi connectivity index (χ1) is 8.31. The fraction of sp³-hybridized carbons (Fsp3) is 1.00. The predicted octanol–water partition coefficient (Wildman–Crippen LogP) is 1.20. The van der Waals surface area contributed by atoms with Gasteiger partial charge in [0.2, 0.25) is 0 Å². The highest BCUT2D eigenvalue weighted by Gasteiger charge is 2.33. The van der Waals surface area contributed by atoms with Gasteiger partial charge in [0.1, 0.15) is 0 Å². The smallest absolute Gasteiger partial charge is 0.0192 e. The quantitative estimate of drug-likeness (QED) is 0.772. The van der Waals surface area contributed by atoms with Crippen molar-refractivity contribution in [3.8, 4) is 0 Å². The van der Waals surface area contributed by atoms with E-state index in [0.29, 0.717) is 0 Å². The Hall–Kier alpha value is -0.120. The van der Waals surface area contributed by atoms with Gasteiger partial charge in [0.05, 0.1) is 0 Å². The Morgan fingerprint density at radius 3 is 2.65 bits per heavy atom. The molecule has 3 saturated heterocycles. The third kappa shape index (κ3) is 2.83. The minimum Gasteiger partial charge on any atom is -0.314 e. The first-order valence-electron chi connectivity index (χ1n) is 7.52. The van der Waals surface area contributed by atoms with Crippen molar-refractivity contribution in [2.45, 2.75) is 57.2 Å². The molecule has 2 N–H and O–H groups in total. The molecule has 2 bridgehead atoms. The van der Waals surface area contributed by atoms with E-state index in [-0.39, 0.29) is 0 Å². The fourth-order valence-corrected chi connectivity index (χ4v) is 3.97. The second-order valence-electron chi connectivity index (χ2n) is 6.35.